The van der Waals surface area contributed by atoms with Crippen LogP contribution in [0.1, 0.15) is 6.92 Å². The molecule has 5 nitrogen and oxygen atoms in total. The van der Waals surface area contributed by atoms with Gasteiger partial charge in [0.05, 0.1) is 6.61 Å². The number of aliphatic hydroxyl groups is 1. The topological polar surface area (TPSA) is 64.4 Å². The Morgan fingerprint density at radius 2 is 2.50 bits per heavy atom. The summed E-state index contributed by atoms with van der Waals surface area (Å²) in [6.45, 7) is 1.53. The van der Waals surface area contributed by atoms with Gasteiger partial charge in [0, 0.05) is 12.4 Å². The van der Waals surface area contributed by atoms with E-state index in [9.17, 15) is 4.79 Å². The molecule has 1 heterocycles. The lowest BCUT2D eigenvalue weighted by Gasteiger charge is -2.10. The Morgan fingerprint density at radius 3 is 3.06 bits per heavy atom. The number of carbonyl (C=O) groups excluding carboxylic acids is 1. The Kier molecular flexibility index (Phi) is 5.44. The van der Waals surface area contributed by atoms with Crippen LogP contribution in [0.15, 0.2) is 18.5 Å². The van der Waals surface area contributed by atoms with Gasteiger partial charge in [-0.1, -0.05) is 24.0 Å². The predicted octanol–water partition coefficient (Wildman–Crippen LogP) is 0.673. The van der Waals surface area contributed by atoms with Crippen LogP contribution in [-0.4, -0.2) is 43.6 Å². The average molecular weight is 260 g/mol. The summed E-state index contributed by atoms with van der Waals surface area (Å²) in [4.78, 5) is 11.4. The molecule has 88 valence electrons. The van der Waals surface area contributed by atoms with E-state index in [0.29, 0.717) is 4.32 Å². The quantitative estimate of drug-likeness (QED) is 0.634. The molecule has 1 aromatic rings. The Hall–Kier alpha value is -0.920. The second-order valence-corrected chi connectivity index (χ2v) is 4.84. The fourth-order valence-electron chi connectivity index (χ4n) is 0.894. The fraction of sp³-hybridized carbons (Fsp3) is 0.444. The molecule has 0 amide bonds. The van der Waals surface area contributed by atoms with Crippen molar-refractivity contribution in [2.75, 3.05) is 13.2 Å². The lowest BCUT2D eigenvalue weighted by molar-refractivity contribution is -0.143. The first kappa shape index (κ1) is 13.1. The number of nitrogens with zero attached hydrogens (tertiary/aromatic N) is 2. The molecule has 0 aliphatic heterocycles. The molecular weight excluding hydrogens is 248 g/mol. The van der Waals surface area contributed by atoms with Crippen LogP contribution < -0.4 is 0 Å². The zero-order valence-electron chi connectivity index (χ0n) is 8.70. The van der Waals surface area contributed by atoms with E-state index >= 15 is 0 Å². The first-order chi connectivity index (χ1) is 7.65. The minimum absolute atomic E-state index is 0.0122. The van der Waals surface area contributed by atoms with Crippen LogP contribution in [0.5, 0.6) is 0 Å². The molecule has 0 fully saturated rings. The van der Waals surface area contributed by atoms with Crippen molar-refractivity contribution < 1.29 is 14.6 Å². The van der Waals surface area contributed by atoms with E-state index < -0.39 is 11.2 Å². The number of rotatable bonds is 4. The first-order valence-electron chi connectivity index (χ1n) is 4.63. The molecule has 1 aromatic heterocycles. The highest BCUT2D eigenvalue weighted by Gasteiger charge is 2.17. The molecule has 7 heteroatoms. The highest BCUT2D eigenvalue weighted by molar-refractivity contribution is 8.23. The Morgan fingerprint density at radius 1 is 1.75 bits per heavy atom. The van der Waals surface area contributed by atoms with Crippen molar-refractivity contribution >= 4 is 34.3 Å². The fourth-order valence-corrected chi connectivity index (χ4v) is 2.12. The molecule has 0 aliphatic carbocycles. The van der Waals surface area contributed by atoms with Crippen LogP contribution in [0.4, 0.5) is 0 Å². The molecule has 1 atom stereocenters. The minimum atomic E-state index is -0.414. The van der Waals surface area contributed by atoms with Crippen molar-refractivity contribution in [3.05, 3.63) is 18.5 Å². The molecule has 0 saturated carbocycles. The Labute approximate surface area is 103 Å². The van der Waals surface area contributed by atoms with Crippen LogP contribution in [0.3, 0.4) is 0 Å². The Balaban J connectivity index is 2.42. The summed E-state index contributed by atoms with van der Waals surface area (Å²) in [6.07, 6.45) is 3.32. The molecule has 1 rings (SSSR count). The van der Waals surface area contributed by atoms with Gasteiger partial charge in [-0.3, -0.25) is 4.79 Å². The molecule has 1 N–H and O–H groups in total. The van der Waals surface area contributed by atoms with Crippen molar-refractivity contribution in [3.8, 4) is 0 Å². The van der Waals surface area contributed by atoms with Crippen molar-refractivity contribution in [2.24, 2.45) is 0 Å². The van der Waals surface area contributed by atoms with Gasteiger partial charge in [-0.05, 0) is 13.0 Å². The van der Waals surface area contributed by atoms with E-state index in [1.54, 1.807) is 25.4 Å². The van der Waals surface area contributed by atoms with E-state index in [4.69, 9.17) is 22.1 Å². The molecular formula is C9H12N2O3S2. The van der Waals surface area contributed by atoms with Crippen LogP contribution in [0, 0.1) is 0 Å². The van der Waals surface area contributed by atoms with E-state index in [1.165, 1.54) is 16.4 Å². The van der Waals surface area contributed by atoms with E-state index in [2.05, 4.69) is 5.10 Å². The molecule has 1 unspecified atom stereocenters. The largest absolute Gasteiger partial charge is 0.462 e. The standard InChI is InChI=1S/C9H12N2O3S2/c1-7(8(13)14-6-5-12)16-9(15)11-4-2-3-10-11/h2-4,7,12H,5-6H2,1H3. The van der Waals surface area contributed by atoms with E-state index in [0.717, 1.165) is 0 Å². The number of ether oxygens (including phenoxy) is 1. The smallest absolute Gasteiger partial charge is 0.319 e. The summed E-state index contributed by atoms with van der Waals surface area (Å²) >= 11 is 6.28. The zero-order chi connectivity index (χ0) is 12.0. The number of carbonyl (C=O) groups is 1. The van der Waals surface area contributed by atoms with Gasteiger partial charge in [0.15, 0.2) is 4.32 Å². The summed E-state index contributed by atoms with van der Waals surface area (Å²) in [5, 5.41) is 12.0. The normalized spacial score (nSPS) is 12.1. The molecule has 0 spiro atoms. The minimum Gasteiger partial charge on any atom is -0.462 e. The third-order valence-electron chi connectivity index (χ3n) is 1.64. The number of thiocarbonyl (C=S) groups is 1. The van der Waals surface area contributed by atoms with Crippen molar-refractivity contribution in [1.82, 2.24) is 9.78 Å². The summed E-state index contributed by atoms with van der Waals surface area (Å²) < 4.78 is 6.77. The number of hydrogen-bond acceptors (Lipinski definition) is 6. The summed E-state index contributed by atoms with van der Waals surface area (Å²) in [7, 11) is 0. The van der Waals surface area contributed by atoms with Crippen molar-refractivity contribution in [1.29, 1.82) is 0 Å². The van der Waals surface area contributed by atoms with Gasteiger partial charge >= 0.3 is 5.97 Å². The number of thioether (sulfide) groups is 1. The SMILES string of the molecule is CC(SC(=S)n1cccn1)C(=O)OCCO. The van der Waals surface area contributed by atoms with E-state index in [-0.39, 0.29) is 13.2 Å². The van der Waals surface area contributed by atoms with Crippen LogP contribution in [-0.2, 0) is 9.53 Å². The summed E-state index contributed by atoms with van der Waals surface area (Å²) in [6, 6.07) is 1.75. The van der Waals surface area contributed by atoms with Gasteiger partial charge in [-0.15, -0.1) is 0 Å². The lowest BCUT2D eigenvalue weighted by Crippen LogP contribution is -2.21. The van der Waals surface area contributed by atoms with Gasteiger partial charge in [-0.25, -0.2) is 4.68 Å². The zero-order valence-corrected chi connectivity index (χ0v) is 10.3. The second kappa shape index (κ2) is 6.62. The van der Waals surface area contributed by atoms with Crippen LogP contribution >= 0.6 is 24.0 Å². The molecule has 0 saturated heterocycles. The van der Waals surface area contributed by atoms with E-state index in [1.807, 2.05) is 0 Å². The molecule has 16 heavy (non-hydrogen) atoms. The number of esters is 1. The van der Waals surface area contributed by atoms with Gasteiger partial charge in [0.25, 0.3) is 0 Å². The van der Waals surface area contributed by atoms with Gasteiger partial charge in [-0.2, -0.15) is 5.10 Å². The van der Waals surface area contributed by atoms with Crippen LogP contribution in [0.25, 0.3) is 0 Å². The number of aliphatic hydroxyl groups excluding tert-OH is 1. The maximum atomic E-state index is 11.4. The highest BCUT2D eigenvalue weighted by atomic mass is 32.2. The monoisotopic (exact) mass is 260 g/mol. The lowest BCUT2D eigenvalue weighted by atomic mass is 10.5. The molecule has 0 bridgehead atoms. The maximum absolute atomic E-state index is 11.4. The summed E-state index contributed by atoms with van der Waals surface area (Å²) in [5.41, 5.74) is 0. The average Bonchev–Trinajstić information content (AvgIpc) is 2.79. The third-order valence-corrected chi connectivity index (χ3v) is 3.05. The first-order valence-corrected chi connectivity index (χ1v) is 5.92. The van der Waals surface area contributed by atoms with Crippen molar-refractivity contribution in [2.45, 2.75) is 12.2 Å². The summed E-state index contributed by atoms with van der Waals surface area (Å²) in [5.74, 6) is -0.395. The maximum Gasteiger partial charge on any atom is 0.319 e. The van der Waals surface area contributed by atoms with Gasteiger partial charge in [0.1, 0.15) is 11.9 Å². The van der Waals surface area contributed by atoms with Crippen LogP contribution in [0.2, 0.25) is 0 Å². The van der Waals surface area contributed by atoms with Crippen molar-refractivity contribution in [3.63, 3.8) is 0 Å². The van der Waals surface area contributed by atoms with Gasteiger partial charge < -0.3 is 9.84 Å². The molecule has 0 aromatic carbocycles. The van der Waals surface area contributed by atoms with Gasteiger partial charge in [0.2, 0.25) is 0 Å². The predicted molar refractivity (Wildman–Crippen MR) is 65.3 cm³/mol. The molecule has 0 aliphatic rings. The number of aromatic nitrogens is 2. The third kappa shape index (κ3) is 3.92. The Bertz CT molecular complexity index is 354. The highest BCUT2D eigenvalue weighted by Crippen LogP contribution is 2.15. The number of hydrogen-bond donors (Lipinski definition) is 1. The second-order valence-electron chi connectivity index (χ2n) is 2.87. The molecule has 0 radical (unpaired) electrons.